The van der Waals surface area contributed by atoms with Gasteiger partial charge in [0.25, 0.3) is 5.91 Å². The predicted molar refractivity (Wildman–Crippen MR) is 94.2 cm³/mol. The lowest BCUT2D eigenvalue weighted by Gasteiger charge is -2.13. The van der Waals surface area contributed by atoms with Gasteiger partial charge in [0.1, 0.15) is 5.75 Å². The molecule has 0 aliphatic carbocycles. The third-order valence-corrected chi connectivity index (χ3v) is 3.68. The van der Waals surface area contributed by atoms with E-state index in [9.17, 15) is 4.79 Å². The summed E-state index contributed by atoms with van der Waals surface area (Å²) in [5.74, 6) is 0.751. The van der Waals surface area contributed by atoms with Gasteiger partial charge in [-0.25, -0.2) is 0 Å². The molecule has 3 aromatic rings. The zero-order valence-electron chi connectivity index (χ0n) is 13.3. The lowest BCUT2D eigenvalue weighted by Crippen LogP contribution is -2.12. The summed E-state index contributed by atoms with van der Waals surface area (Å²) in [5.41, 5.74) is 3.30. The number of carbonyl (C=O) groups excluding carboxylic acids is 1. The Balaban J connectivity index is 1.87. The Hall–Kier alpha value is -3.27. The van der Waals surface area contributed by atoms with Gasteiger partial charge in [0, 0.05) is 11.3 Å². The molecule has 0 saturated heterocycles. The second kappa shape index (κ2) is 6.87. The monoisotopic (exact) mass is 319 g/mol. The fourth-order valence-corrected chi connectivity index (χ4v) is 2.39. The maximum absolute atomic E-state index is 12.2. The van der Waals surface area contributed by atoms with Crippen molar-refractivity contribution in [2.45, 2.75) is 0 Å². The molecule has 0 unspecified atom stereocenters. The smallest absolute Gasteiger partial charge is 0.291 e. The molecule has 0 aliphatic heterocycles. The van der Waals surface area contributed by atoms with E-state index in [1.807, 2.05) is 48.5 Å². The van der Waals surface area contributed by atoms with Crippen LogP contribution in [0.15, 0.2) is 77.9 Å². The Morgan fingerprint density at radius 1 is 1.04 bits per heavy atom. The number of rotatable bonds is 5. The van der Waals surface area contributed by atoms with Crippen LogP contribution in [-0.2, 0) is 0 Å². The Morgan fingerprint density at radius 3 is 2.46 bits per heavy atom. The molecular weight excluding hydrogens is 302 g/mol. The molecule has 4 heteroatoms. The standard InChI is InChI=1S/C20H17NO3/c1-14(15-9-11-16(23-2)12-10-15)17-6-3-4-7-18(17)21-20(22)19-8-5-13-24-19/h3-13H,1H2,2H3,(H,21,22). The number of hydrogen-bond acceptors (Lipinski definition) is 3. The number of furan rings is 1. The first-order valence-electron chi connectivity index (χ1n) is 7.46. The summed E-state index contributed by atoms with van der Waals surface area (Å²) in [5, 5.41) is 2.87. The van der Waals surface area contributed by atoms with E-state index in [0.717, 1.165) is 22.4 Å². The topological polar surface area (TPSA) is 51.5 Å². The van der Waals surface area contributed by atoms with Crippen LogP contribution in [0.25, 0.3) is 5.57 Å². The number of ether oxygens (including phenoxy) is 1. The van der Waals surface area contributed by atoms with Gasteiger partial charge in [-0.3, -0.25) is 4.79 Å². The van der Waals surface area contributed by atoms with E-state index < -0.39 is 0 Å². The normalized spacial score (nSPS) is 10.2. The summed E-state index contributed by atoms with van der Waals surface area (Å²) in [6, 6.07) is 18.5. The number of methoxy groups -OCH3 is 1. The van der Waals surface area contributed by atoms with Crippen molar-refractivity contribution in [3.05, 3.63) is 90.4 Å². The number of anilines is 1. The Bertz CT molecular complexity index is 849. The number of nitrogens with one attached hydrogen (secondary N) is 1. The lowest BCUT2D eigenvalue weighted by molar-refractivity contribution is 0.0996. The number of hydrogen-bond donors (Lipinski definition) is 1. The van der Waals surface area contributed by atoms with E-state index in [2.05, 4.69) is 11.9 Å². The SMILES string of the molecule is C=C(c1ccc(OC)cc1)c1ccccc1NC(=O)c1ccco1. The van der Waals surface area contributed by atoms with Gasteiger partial charge in [-0.2, -0.15) is 0 Å². The first kappa shape index (κ1) is 15.6. The molecule has 0 spiro atoms. The van der Waals surface area contributed by atoms with Gasteiger partial charge in [-0.1, -0.05) is 36.9 Å². The van der Waals surface area contributed by atoms with Crippen LogP contribution in [0.3, 0.4) is 0 Å². The molecule has 1 aromatic heterocycles. The van der Waals surface area contributed by atoms with Crippen molar-refractivity contribution >= 4 is 17.2 Å². The summed E-state index contributed by atoms with van der Waals surface area (Å²) in [7, 11) is 1.63. The highest BCUT2D eigenvalue weighted by molar-refractivity contribution is 6.04. The minimum Gasteiger partial charge on any atom is -0.497 e. The quantitative estimate of drug-likeness (QED) is 0.747. The molecule has 0 saturated carbocycles. The summed E-state index contributed by atoms with van der Waals surface area (Å²) in [6.45, 7) is 4.17. The summed E-state index contributed by atoms with van der Waals surface area (Å²) >= 11 is 0. The van der Waals surface area contributed by atoms with Crippen molar-refractivity contribution in [3.8, 4) is 5.75 Å². The van der Waals surface area contributed by atoms with Crippen molar-refractivity contribution in [2.75, 3.05) is 12.4 Å². The van der Waals surface area contributed by atoms with Crippen LogP contribution in [0.4, 0.5) is 5.69 Å². The molecule has 1 amide bonds. The molecule has 0 aliphatic rings. The zero-order valence-corrected chi connectivity index (χ0v) is 13.3. The number of carbonyl (C=O) groups is 1. The highest BCUT2D eigenvalue weighted by atomic mass is 16.5. The molecule has 24 heavy (non-hydrogen) atoms. The summed E-state index contributed by atoms with van der Waals surface area (Å²) in [4.78, 5) is 12.2. The van der Waals surface area contributed by atoms with Crippen LogP contribution in [0.1, 0.15) is 21.7 Å². The molecule has 1 heterocycles. The van der Waals surface area contributed by atoms with E-state index in [1.54, 1.807) is 19.2 Å². The number of para-hydroxylation sites is 1. The average Bonchev–Trinajstić information content (AvgIpc) is 3.16. The van der Waals surface area contributed by atoms with Gasteiger partial charge in [-0.15, -0.1) is 0 Å². The van der Waals surface area contributed by atoms with Crippen molar-refractivity contribution in [3.63, 3.8) is 0 Å². The minimum atomic E-state index is -0.296. The van der Waals surface area contributed by atoms with Gasteiger partial charge in [0.05, 0.1) is 13.4 Å². The summed E-state index contributed by atoms with van der Waals surface area (Å²) in [6.07, 6.45) is 1.47. The molecule has 0 radical (unpaired) electrons. The summed E-state index contributed by atoms with van der Waals surface area (Å²) < 4.78 is 10.3. The third-order valence-electron chi connectivity index (χ3n) is 3.68. The van der Waals surface area contributed by atoms with E-state index in [0.29, 0.717) is 5.69 Å². The molecular formula is C20H17NO3. The maximum atomic E-state index is 12.2. The van der Waals surface area contributed by atoms with Gasteiger partial charge < -0.3 is 14.5 Å². The van der Waals surface area contributed by atoms with E-state index in [4.69, 9.17) is 9.15 Å². The fraction of sp³-hybridized carbons (Fsp3) is 0.0500. The van der Waals surface area contributed by atoms with Gasteiger partial charge >= 0.3 is 0 Å². The Kier molecular flexibility index (Phi) is 4.47. The lowest BCUT2D eigenvalue weighted by atomic mass is 9.98. The van der Waals surface area contributed by atoms with Crippen molar-refractivity contribution < 1.29 is 13.9 Å². The largest absolute Gasteiger partial charge is 0.497 e. The second-order valence-corrected chi connectivity index (χ2v) is 5.18. The van der Waals surface area contributed by atoms with Crippen LogP contribution < -0.4 is 10.1 Å². The molecule has 120 valence electrons. The van der Waals surface area contributed by atoms with Crippen molar-refractivity contribution in [1.82, 2.24) is 0 Å². The van der Waals surface area contributed by atoms with Crippen LogP contribution in [0.5, 0.6) is 5.75 Å². The van der Waals surface area contributed by atoms with Crippen LogP contribution in [0.2, 0.25) is 0 Å². The molecule has 0 atom stereocenters. The molecule has 3 rings (SSSR count). The van der Waals surface area contributed by atoms with Crippen LogP contribution in [0, 0.1) is 0 Å². The zero-order chi connectivity index (χ0) is 16.9. The second-order valence-electron chi connectivity index (χ2n) is 5.18. The van der Waals surface area contributed by atoms with Crippen LogP contribution in [-0.4, -0.2) is 13.0 Å². The van der Waals surface area contributed by atoms with Crippen LogP contribution >= 0.6 is 0 Å². The van der Waals surface area contributed by atoms with Crippen molar-refractivity contribution in [2.24, 2.45) is 0 Å². The number of benzene rings is 2. The molecule has 4 nitrogen and oxygen atoms in total. The maximum Gasteiger partial charge on any atom is 0.291 e. The fourth-order valence-electron chi connectivity index (χ4n) is 2.39. The van der Waals surface area contributed by atoms with E-state index >= 15 is 0 Å². The molecule has 0 fully saturated rings. The molecule has 0 bridgehead atoms. The van der Waals surface area contributed by atoms with Gasteiger partial charge in [0.2, 0.25) is 0 Å². The first-order chi connectivity index (χ1) is 11.7. The van der Waals surface area contributed by atoms with E-state index in [-0.39, 0.29) is 11.7 Å². The highest BCUT2D eigenvalue weighted by Gasteiger charge is 2.13. The Labute approximate surface area is 140 Å². The predicted octanol–water partition coefficient (Wildman–Crippen LogP) is 4.60. The highest BCUT2D eigenvalue weighted by Crippen LogP contribution is 2.29. The number of amides is 1. The van der Waals surface area contributed by atoms with Gasteiger partial charge in [-0.05, 0) is 41.5 Å². The molecule has 2 aromatic carbocycles. The first-order valence-corrected chi connectivity index (χ1v) is 7.46. The minimum absolute atomic E-state index is 0.264. The van der Waals surface area contributed by atoms with E-state index in [1.165, 1.54) is 6.26 Å². The third kappa shape index (κ3) is 3.22. The Morgan fingerprint density at radius 2 is 1.79 bits per heavy atom. The van der Waals surface area contributed by atoms with Crippen molar-refractivity contribution in [1.29, 1.82) is 0 Å². The van der Waals surface area contributed by atoms with Gasteiger partial charge in [0.15, 0.2) is 5.76 Å². The molecule has 1 N–H and O–H groups in total. The average molecular weight is 319 g/mol.